The van der Waals surface area contributed by atoms with Crippen molar-refractivity contribution in [1.29, 1.82) is 0 Å². The molecule has 1 amide bonds. The third-order valence-corrected chi connectivity index (χ3v) is 3.95. The van der Waals surface area contributed by atoms with E-state index in [2.05, 4.69) is 5.32 Å². The number of carbonyl (C=O) groups is 1. The van der Waals surface area contributed by atoms with Gasteiger partial charge in [0.05, 0.1) is 18.2 Å². The molecule has 1 saturated heterocycles. The lowest BCUT2D eigenvalue weighted by Gasteiger charge is -2.24. The predicted molar refractivity (Wildman–Crippen MR) is 81.0 cm³/mol. The van der Waals surface area contributed by atoms with E-state index in [0.29, 0.717) is 12.1 Å². The summed E-state index contributed by atoms with van der Waals surface area (Å²) in [7, 11) is 0. The van der Waals surface area contributed by atoms with Gasteiger partial charge >= 0.3 is 6.18 Å². The molecule has 1 heterocycles. The van der Waals surface area contributed by atoms with Crippen LogP contribution in [0.2, 0.25) is 0 Å². The Morgan fingerprint density at radius 3 is 2.61 bits per heavy atom. The summed E-state index contributed by atoms with van der Waals surface area (Å²) in [6, 6.07) is 4.56. The van der Waals surface area contributed by atoms with Crippen LogP contribution in [0.5, 0.6) is 0 Å². The standard InChI is InChI=1S/C16H21F3N2O2/c1-11(22)9-14-3-2-8-21(14)10-15(23)20-13-6-4-12(5-7-13)16(17,18)19/h4-7,11,14,22H,2-3,8-10H2,1H3,(H,20,23). The molecule has 1 aliphatic heterocycles. The summed E-state index contributed by atoms with van der Waals surface area (Å²) in [4.78, 5) is 14.1. The molecule has 0 saturated carbocycles. The molecule has 2 atom stereocenters. The summed E-state index contributed by atoms with van der Waals surface area (Å²) in [5.74, 6) is -0.262. The minimum atomic E-state index is -4.38. The summed E-state index contributed by atoms with van der Waals surface area (Å²) in [6.07, 6.45) is -2.26. The smallest absolute Gasteiger partial charge is 0.393 e. The number of amides is 1. The van der Waals surface area contributed by atoms with E-state index >= 15 is 0 Å². The average Bonchev–Trinajstić information content (AvgIpc) is 2.84. The molecule has 4 nitrogen and oxygen atoms in total. The van der Waals surface area contributed by atoms with Crippen molar-refractivity contribution in [2.45, 2.75) is 44.5 Å². The van der Waals surface area contributed by atoms with E-state index < -0.39 is 17.8 Å². The predicted octanol–water partition coefficient (Wildman–Crippen LogP) is 2.88. The number of carbonyl (C=O) groups excluding carboxylic acids is 1. The molecule has 0 aromatic heterocycles. The maximum atomic E-state index is 12.5. The van der Waals surface area contributed by atoms with Crippen LogP contribution in [-0.2, 0) is 11.0 Å². The number of benzene rings is 1. The van der Waals surface area contributed by atoms with Crippen LogP contribution in [0, 0.1) is 0 Å². The number of halogens is 3. The van der Waals surface area contributed by atoms with Crippen LogP contribution in [0.25, 0.3) is 0 Å². The first-order valence-electron chi connectivity index (χ1n) is 7.65. The van der Waals surface area contributed by atoms with Crippen molar-refractivity contribution in [3.8, 4) is 0 Å². The molecule has 7 heteroatoms. The zero-order chi connectivity index (χ0) is 17.0. The van der Waals surface area contributed by atoms with Gasteiger partial charge in [-0.3, -0.25) is 9.69 Å². The van der Waals surface area contributed by atoms with Gasteiger partial charge in [0.15, 0.2) is 0 Å². The lowest BCUT2D eigenvalue weighted by atomic mass is 10.1. The van der Waals surface area contributed by atoms with Gasteiger partial charge in [-0.2, -0.15) is 13.2 Å². The van der Waals surface area contributed by atoms with Crippen molar-refractivity contribution in [2.75, 3.05) is 18.4 Å². The van der Waals surface area contributed by atoms with Crippen LogP contribution in [0.4, 0.5) is 18.9 Å². The van der Waals surface area contributed by atoms with Crippen molar-refractivity contribution in [3.05, 3.63) is 29.8 Å². The second-order valence-corrected chi connectivity index (χ2v) is 5.97. The SMILES string of the molecule is CC(O)CC1CCCN1CC(=O)Nc1ccc(C(F)(F)F)cc1. The maximum Gasteiger partial charge on any atom is 0.416 e. The number of hydrogen-bond donors (Lipinski definition) is 2. The fraction of sp³-hybridized carbons (Fsp3) is 0.562. The van der Waals surface area contributed by atoms with Crippen LogP contribution < -0.4 is 5.32 Å². The molecule has 2 N–H and O–H groups in total. The molecule has 1 aliphatic rings. The first-order chi connectivity index (χ1) is 10.8. The Labute approximate surface area is 133 Å². The number of hydrogen-bond acceptors (Lipinski definition) is 3. The first-order valence-corrected chi connectivity index (χ1v) is 7.65. The van der Waals surface area contributed by atoms with E-state index in [4.69, 9.17) is 0 Å². The van der Waals surface area contributed by atoms with Gasteiger partial charge in [0, 0.05) is 11.7 Å². The van der Waals surface area contributed by atoms with E-state index in [1.165, 1.54) is 12.1 Å². The summed E-state index contributed by atoms with van der Waals surface area (Å²) in [5.41, 5.74) is -0.402. The van der Waals surface area contributed by atoms with Crippen LogP contribution in [0.1, 0.15) is 31.7 Å². The van der Waals surface area contributed by atoms with E-state index in [9.17, 15) is 23.1 Å². The third-order valence-electron chi connectivity index (χ3n) is 3.95. The highest BCUT2D eigenvalue weighted by Crippen LogP contribution is 2.29. The summed E-state index contributed by atoms with van der Waals surface area (Å²) < 4.78 is 37.5. The fourth-order valence-electron chi connectivity index (χ4n) is 2.89. The van der Waals surface area contributed by atoms with Gasteiger partial charge in [0.25, 0.3) is 0 Å². The molecule has 1 aromatic carbocycles. The molecular weight excluding hydrogens is 309 g/mol. The van der Waals surface area contributed by atoms with Gasteiger partial charge in [0.2, 0.25) is 5.91 Å². The molecule has 1 fully saturated rings. The molecule has 0 radical (unpaired) electrons. The van der Waals surface area contributed by atoms with Crippen LogP contribution in [0.3, 0.4) is 0 Å². The minimum Gasteiger partial charge on any atom is -0.393 e. The quantitative estimate of drug-likeness (QED) is 0.873. The lowest BCUT2D eigenvalue weighted by Crippen LogP contribution is -2.38. The molecule has 23 heavy (non-hydrogen) atoms. The molecule has 1 aromatic rings. The average molecular weight is 330 g/mol. The number of anilines is 1. The first kappa shape index (κ1) is 17.7. The van der Waals surface area contributed by atoms with Crippen molar-refractivity contribution < 1.29 is 23.1 Å². The number of aliphatic hydroxyl groups excluding tert-OH is 1. The van der Waals surface area contributed by atoms with Gasteiger partial charge in [-0.15, -0.1) is 0 Å². The van der Waals surface area contributed by atoms with E-state index in [1.54, 1.807) is 6.92 Å². The number of alkyl halides is 3. The van der Waals surface area contributed by atoms with Gasteiger partial charge in [-0.1, -0.05) is 0 Å². The zero-order valence-electron chi connectivity index (χ0n) is 12.9. The summed E-state index contributed by atoms with van der Waals surface area (Å²) >= 11 is 0. The number of nitrogens with zero attached hydrogens (tertiary/aromatic N) is 1. The van der Waals surface area contributed by atoms with E-state index in [0.717, 1.165) is 31.5 Å². The topological polar surface area (TPSA) is 52.6 Å². The fourth-order valence-corrected chi connectivity index (χ4v) is 2.89. The number of aliphatic hydroxyl groups is 1. The minimum absolute atomic E-state index is 0.174. The highest BCUT2D eigenvalue weighted by molar-refractivity contribution is 5.92. The monoisotopic (exact) mass is 330 g/mol. The van der Waals surface area contributed by atoms with Gasteiger partial charge in [-0.05, 0) is 57.0 Å². The van der Waals surface area contributed by atoms with Gasteiger partial charge in [0.1, 0.15) is 0 Å². The Hall–Kier alpha value is -1.60. The van der Waals surface area contributed by atoms with Crippen molar-refractivity contribution in [1.82, 2.24) is 4.90 Å². The maximum absolute atomic E-state index is 12.5. The molecule has 0 spiro atoms. The number of likely N-dealkylation sites (tertiary alicyclic amines) is 1. The van der Waals surface area contributed by atoms with Crippen molar-refractivity contribution >= 4 is 11.6 Å². The van der Waals surface area contributed by atoms with Crippen LogP contribution in [-0.4, -0.2) is 41.1 Å². The second-order valence-electron chi connectivity index (χ2n) is 5.97. The van der Waals surface area contributed by atoms with Crippen LogP contribution >= 0.6 is 0 Å². The van der Waals surface area contributed by atoms with Gasteiger partial charge < -0.3 is 10.4 Å². The highest BCUT2D eigenvalue weighted by Gasteiger charge is 2.30. The Kier molecular flexibility index (Phi) is 5.64. The Bertz CT molecular complexity index is 529. The summed E-state index contributed by atoms with van der Waals surface area (Å²) in [6.45, 7) is 2.69. The molecule has 2 rings (SSSR count). The summed E-state index contributed by atoms with van der Waals surface area (Å²) in [5, 5.41) is 12.1. The Morgan fingerprint density at radius 2 is 2.04 bits per heavy atom. The second kappa shape index (κ2) is 7.31. The molecule has 0 bridgehead atoms. The molecule has 2 unspecified atom stereocenters. The zero-order valence-corrected chi connectivity index (χ0v) is 12.9. The highest BCUT2D eigenvalue weighted by atomic mass is 19.4. The van der Waals surface area contributed by atoms with Crippen LogP contribution in [0.15, 0.2) is 24.3 Å². The number of rotatable bonds is 5. The normalized spacial score (nSPS) is 20.5. The van der Waals surface area contributed by atoms with Gasteiger partial charge in [-0.25, -0.2) is 0 Å². The largest absolute Gasteiger partial charge is 0.416 e. The number of nitrogens with one attached hydrogen (secondary N) is 1. The molecular formula is C16H21F3N2O2. The molecule has 128 valence electrons. The van der Waals surface area contributed by atoms with Crippen molar-refractivity contribution in [3.63, 3.8) is 0 Å². The molecule has 0 aliphatic carbocycles. The van der Waals surface area contributed by atoms with E-state index in [1.807, 2.05) is 4.90 Å². The van der Waals surface area contributed by atoms with Crippen molar-refractivity contribution in [2.24, 2.45) is 0 Å². The Morgan fingerprint density at radius 1 is 1.39 bits per heavy atom. The van der Waals surface area contributed by atoms with E-state index in [-0.39, 0.29) is 18.5 Å². The lowest BCUT2D eigenvalue weighted by molar-refractivity contribution is -0.137. The Balaban J connectivity index is 1.89. The third kappa shape index (κ3) is 5.21.